The zero-order valence-electron chi connectivity index (χ0n) is 16.2. The standard InChI is InChI=1S/C21H26N6O/c1-2-25-13-8-18(9-14-25)26(15-7-17-6-3-4-10-22-17)21(28)19-16-20-23-11-5-12-27(20)24-19/h3-6,10-12,16,18H,2,7-9,13-15H2,1H3. The van der Waals surface area contributed by atoms with Crippen LogP contribution >= 0.6 is 0 Å². The molecule has 0 radical (unpaired) electrons. The summed E-state index contributed by atoms with van der Waals surface area (Å²) in [5, 5.41) is 4.45. The molecular weight excluding hydrogens is 352 g/mol. The third kappa shape index (κ3) is 4.04. The second-order valence-electron chi connectivity index (χ2n) is 7.19. The maximum Gasteiger partial charge on any atom is 0.274 e. The number of aromatic nitrogens is 4. The van der Waals surface area contributed by atoms with Gasteiger partial charge in [0.2, 0.25) is 0 Å². The second kappa shape index (κ2) is 8.48. The van der Waals surface area contributed by atoms with Gasteiger partial charge in [-0.2, -0.15) is 5.10 Å². The lowest BCUT2D eigenvalue weighted by Gasteiger charge is -2.38. The van der Waals surface area contributed by atoms with Gasteiger partial charge in [0.1, 0.15) is 0 Å². The van der Waals surface area contributed by atoms with Gasteiger partial charge in [-0.3, -0.25) is 9.78 Å². The van der Waals surface area contributed by atoms with Crippen LogP contribution in [0.1, 0.15) is 35.9 Å². The number of fused-ring (bicyclic) bond motifs is 1. The first-order chi connectivity index (χ1) is 13.7. The highest BCUT2D eigenvalue weighted by molar-refractivity contribution is 5.93. The second-order valence-corrected chi connectivity index (χ2v) is 7.19. The molecule has 28 heavy (non-hydrogen) atoms. The Kier molecular flexibility index (Phi) is 5.62. The molecule has 0 saturated carbocycles. The van der Waals surface area contributed by atoms with E-state index in [1.54, 1.807) is 23.0 Å². The predicted molar refractivity (Wildman–Crippen MR) is 107 cm³/mol. The average molecular weight is 378 g/mol. The zero-order valence-corrected chi connectivity index (χ0v) is 16.2. The van der Waals surface area contributed by atoms with Crippen molar-refractivity contribution in [3.05, 3.63) is 60.3 Å². The highest BCUT2D eigenvalue weighted by Crippen LogP contribution is 2.20. The van der Waals surface area contributed by atoms with Gasteiger partial charge < -0.3 is 9.80 Å². The Balaban J connectivity index is 1.55. The third-order valence-electron chi connectivity index (χ3n) is 5.50. The number of nitrogens with zero attached hydrogens (tertiary/aromatic N) is 6. The van der Waals surface area contributed by atoms with Gasteiger partial charge in [0, 0.05) is 62.4 Å². The molecule has 4 rings (SSSR count). The van der Waals surface area contributed by atoms with Crippen molar-refractivity contribution in [3.8, 4) is 0 Å². The van der Waals surface area contributed by atoms with Crippen LogP contribution in [0.25, 0.3) is 5.65 Å². The molecule has 1 fully saturated rings. The summed E-state index contributed by atoms with van der Waals surface area (Å²) in [4.78, 5) is 26.5. The number of hydrogen-bond donors (Lipinski definition) is 0. The molecule has 146 valence electrons. The quantitative estimate of drug-likeness (QED) is 0.658. The van der Waals surface area contributed by atoms with Crippen molar-refractivity contribution >= 4 is 11.6 Å². The van der Waals surface area contributed by atoms with Gasteiger partial charge >= 0.3 is 0 Å². The molecule has 1 aliphatic rings. The molecule has 1 amide bonds. The molecule has 7 heteroatoms. The maximum atomic E-state index is 13.4. The van der Waals surface area contributed by atoms with E-state index in [2.05, 4.69) is 26.9 Å². The Morgan fingerprint density at radius 2 is 2.00 bits per heavy atom. The number of amides is 1. The molecular formula is C21H26N6O. The number of pyridine rings is 1. The van der Waals surface area contributed by atoms with Crippen molar-refractivity contribution in [2.75, 3.05) is 26.2 Å². The van der Waals surface area contributed by atoms with Crippen molar-refractivity contribution < 1.29 is 4.79 Å². The lowest BCUT2D eigenvalue weighted by molar-refractivity contribution is 0.0573. The molecule has 0 aliphatic carbocycles. The number of likely N-dealkylation sites (tertiary alicyclic amines) is 1. The van der Waals surface area contributed by atoms with Crippen molar-refractivity contribution in [2.45, 2.75) is 32.2 Å². The maximum absolute atomic E-state index is 13.4. The number of carbonyl (C=O) groups excluding carboxylic acids is 1. The molecule has 4 heterocycles. The third-order valence-corrected chi connectivity index (χ3v) is 5.50. The molecule has 1 saturated heterocycles. The lowest BCUT2D eigenvalue weighted by Crippen LogP contribution is -2.48. The van der Waals surface area contributed by atoms with Crippen LogP contribution in [0.2, 0.25) is 0 Å². The number of carbonyl (C=O) groups is 1. The van der Waals surface area contributed by atoms with Crippen molar-refractivity contribution in [1.29, 1.82) is 0 Å². The van der Waals surface area contributed by atoms with E-state index in [4.69, 9.17) is 0 Å². The largest absolute Gasteiger partial charge is 0.334 e. The van der Waals surface area contributed by atoms with E-state index in [1.165, 1.54) is 0 Å². The van der Waals surface area contributed by atoms with Crippen molar-refractivity contribution in [1.82, 2.24) is 29.4 Å². The van der Waals surface area contributed by atoms with Crippen LogP contribution in [-0.2, 0) is 6.42 Å². The molecule has 3 aromatic rings. The van der Waals surface area contributed by atoms with Crippen molar-refractivity contribution in [2.24, 2.45) is 0 Å². The summed E-state index contributed by atoms with van der Waals surface area (Å²) in [5.41, 5.74) is 2.15. The van der Waals surface area contributed by atoms with Crippen LogP contribution in [0.15, 0.2) is 48.9 Å². The summed E-state index contributed by atoms with van der Waals surface area (Å²) in [6.07, 6.45) is 8.06. The minimum absolute atomic E-state index is 0.0172. The number of rotatable bonds is 6. The minimum Gasteiger partial charge on any atom is -0.334 e. The lowest BCUT2D eigenvalue weighted by atomic mass is 10.0. The molecule has 0 bridgehead atoms. The highest BCUT2D eigenvalue weighted by Gasteiger charge is 2.29. The minimum atomic E-state index is -0.0172. The predicted octanol–water partition coefficient (Wildman–Crippen LogP) is 2.29. The summed E-state index contributed by atoms with van der Waals surface area (Å²) in [6.45, 7) is 5.96. The molecule has 0 aromatic carbocycles. The van der Waals surface area contributed by atoms with Gasteiger partial charge in [-0.25, -0.2) is 9.50 Å². The van der Waals surface area contributed by atoms with Crippen molar-refractivity contribution in [3.63, 3.8) is 0 Å². The Morgan fingerprint density at radius 3 is 2.71 bits per heavy atom. The molecule has 7 nitrogen and oxygen atoms in total. The van der Waals surface area contributed by atoms with Crippen LogP contribution < -0.4 is 0 Å². The van der Waals surface area contributed by atoms with E-state index in [1.807, 2.05) is 35.4 Å². The van der Waals surface area contributed by atoms with Gasteiger partial charge in [-0.15, -0.1) is 0 Å². The number of piperidine rings is 1. The highest BCUT2D eigenvalue weighted by atomic mass is 16.2. The summed E-state index contributed by atoms with van der Waals surface area (Å²) >= 11 is 0. The molecule has 1 aliphatic heterocycles. The van der Waals surface area contributed by atoms with E-state index in [9.17, 15) is 4.79 Å². The molecule has 3 aromatic heterocycles. The smallest absolute Gasteiger partial charge is 0.274 e. The Bertz CT molecular complexity index is 884. The first kappa shape index (κ1) is 18.6. The Hall–Kier alpha value is -2.80. The van der Waals surface area contributed by atoms with Gasteiger partial charge in [0.05, 0.1) is 0 Å². The van der Waals surface area contributed by atoms with Crippen LogP contribution in [-0.4, -0.2) is 67.5 Å². The fraction of sp³-hybridized carbons (Fsp3) is 0.429. The van der Waals surface area contributed by atoms with Gasteiger partial charge in [-0.05, 0) is 37.6 Å². The summed E-state index contributed by atoms with van der Waals surface area (Å²) < 4.78 is 1.66. The topological polar surface area (TPSA) is 66.6 Å². The van der Waals surface area contributed by atoms with Crippen LogP contribution in [0, 0.1) is 0 Å². The fourth-order valence-electron chi connectivity index (χ4n) is 3.86. The van der Waals surface area contributed by atoms with E-state index in [-0.39, 0.29) is 11.9 Å². The van der Waals surface area contributed by atoms with Crippen LogP contribution in [0.4, 0.5) is 0 Å². The molecule has 0 atom stereocenters. The first-order valence-corrected chi connectivity index (χ1v) is 9.98. The molecule has 0 N–H and O–H groups in total. The van der Waals surface area contributed by atoms with Crippen LogP contribution in [0.5, 0.6) is 0 Å². The van der Waals surface area contributed by atoms with Gasteiger partial charge in [-0.1, -0.05) is 13.0 Å². The summed E-state index contributed by atoms with van der Waals surface area (Å²) in [7, 11) is 0. The van der Waals surface area contributed by atoms with E-state index in [0.717, 1.165) is 44.6 Å². The zero-order chi connectivity index (χ0) is 19.3. The molecule has 0 spiro atoms. The summed E-state index contributed by atoms with van der Waals surface area (Å²) in [6, 6.07) is 9.73. The normalized spacial score (nSPS) is 15.8. The SMILES string of the molecule is CCN1CCC(N(CCc2ccccn2)C(=O)c2cc3ncccn3n2)CC1. The van der Waals surface area contributed by atoms with Crippen LogP contribution in [0.3, 0.4) is 0 Å². The fourth-order valence-corrected chi connectivity index (χ4v) is 3.86. The summed E-state index contributed by atoms with van der Waals surface area (Å²) in [5.74, 6) is -0.0172. The van der Waals surface area contributed by atoms with Gasteiger partial charge in [0.25, 0.3) is 5.91 Å². The monoisotopic (exact) mass is 378 g/mol. The first-order valence-electron chi connectivity index (χ1n) is 9.98. The molecule has 0 unspecified atom stereocenters. The van der Waals surface area contributed by atoms with E-state index in [0.29, 0.717) is 17.9 Å². The van der Waals surface area contributed by atoms with E-state index < -0.39 is 0 Å². The number of hydrogen-bond acceptors (Lipinski definition) is 5. The van der Waals surface area contributed by atoms with E-state index >= 15 is 0 Å². The Labute approximate surface area is 165 Å². The average Bonchev–Trinajstić information content (AvgIpc) is 3.19. The Morgan fingerprint density at radius 1 is 1.18 bits per heavy atom. The van der Waals surface area contributed by atoms with Gasteiger partial charge in [0.15, 0.2) is 11.3 Å².